The van der Waals surface area contributed by atoms with Crippen molar-refractivity contribution in [3.8, 4) is 11.5 Å². The number of carbonyl (C=O) groups is 1. The molecule has 0 aliphatic carbocycles. The van der Waals surface area contributed by atoms with E-state index < -0.39 is 0 Å². The molecule has 1 amide bonds. The van der Waals surface area contributed by atoms with Gasteiger partial charge in [-0.25, -0.2) is 9.97 Å². The highest BCUT2D eigenvalue weighted by Gasteiger charge is 2.53. The second-order valence-electron chi connectivity index (χ2n) is 7.70. The van der Waals surface area contributed by atoms with Gasteiger partial charge in [0.1, 0.15) is 12.0 Å². The van der Waals surface area contributed by atoms with E-state index in [9.17, 15) is 4.79 Å². The van der Waals surface area contributed by atoms with Crippen LogP contribution < -0.4 is 0 Å². The Bertz CT molecular complexity index is 984. The first-order valence-electron chi connectivity index (χ1n) is 9.28. The predicted octanol–water partition coefficient (Wildman–Crippen LogP) is 2.05. The molecule has 1 atom stereocenters. The zero-order valence-electron chi connectivity index (χ0n) is 15.5. The largest absolute Gasteiger partial charge is 0.419 e. The summed E-state index contributed by atoms with van der Waals surface area (Å²) in [5.41, 5.74) is 1.43. The van der Waals surface area contributed by atoms with Gasteiger partial charge in [0.15, 0.2) is 0 Å². The van der Waals surface area contributed by atoms with Crippen molar-refractivity contribution in [3.05, 3.63) is 60.5 Å². The van der Waals surface area contributed by atoms with Gasteiger partial charge in [-0.15, -0.1) is 10.2 Å². The van der Waals surface area contributed by atoms with Gasteiger partial charge in [-0.05, 0) is 31.7 Å². The maximum absolute atomic E-state index is 12.5. The smallest absolute Gasteiger partial charge is 0.272 e. The average molecular weight is 376 g/mol. The Morgan fingerprint density at radius 1 is 1.14 bits per heavy atom. The first-order valence-corrected chi connectivity index (χ1v) is 9.28. The van der Waals surface area contributed by atoms with Crippen LogP contribution in [0.3, 0.4) is 0 Å². The Morgan fingerprint density at radius 3 is 2.71 bits per heavy atom. The summed E-state index contributed by atoms with van der Waals surface area (Å²) in [5.74, 6) is 1.14. The molecule has 0 saturated carbocycles. The van der Waals surface area contributed by atoms with Gasteiger partial charge >= 0.3 is 0 Å². The number of hydrogen-bond acceptors (Lipinski definition) is 7. The van der Waals surface area contributed by atoms with Crippen LogP contribution in [-0.2, 0) is 0 Å². The Hall–Kier alpha value is -3.13. The fourth-order valence-electron chi connectivity index (χ4n) is 4.33. The fourth-order valence-corrected chi connectivity index (χ4v) is 4.33. The van der Waals surface area contributed by atoms with Gasteiger partial charge in [0.05, 0.1) is 6.04 Å². The molecule has 0 N–H and O–H groups in total. The monoisotopic (exact) mass is 376 g/mol. The fraction of sp³-hybridized carbons (Fsp3) is 0.350. The summed E-state index contributed by atoms with van der Waals surface area (Å²) in [7, 11) is 2.07. The number of amides is 1. The Balaban J connectivity index is 1.28. The summed E-state index contributed by atoms with van der Waals surface area (Å²) in [5, 5.41) is 8.51. The average Bonchev–Trinajstić information content (AvgIpc) is 3.32. The topological polar surface area (TPSA) is 88.3 Å². The SMILES string of the molecule is CN1CC2(CC1c1nnc(-c3ccccc3)o1)CN(C(=O)c1ccncn1)C2. The van der Waals surface area contributed by atoms with E-state index in [4.69, 9.17) is 4.42 Å². The molecule has 2 aliphatic heterocycles. The van der Waals surface area contributed by atoms with Crippen LogP contribution in [0.1, 0.15) is 28.8 Å². The van der Waals surface area contributed by atoms with Crippen molar-refractivity contribution in [2.24, 2.45) is 5.41 Å². The molecule has 8 nitrogen and oxygen atoms in total. The van der Waals surface area contributed by atoms with E-state index in [0.717, 1.165) is 31.6 Å². The quantitative estimate of drug-likeness (QED) is 0.691. The van der Waals surface area contributed by atoms with Crippen LogP contribution in [0.5, 0.6) is 0 Å². The highest BCUT2D eigenvalue weighted by atomic mass is 16.4. The van der Waals surface area contributed by atoms with Crippen molar-refractivity contribution in [1.82, 2.24) is 30.0 Å². The van der Waals surface area contributed by atoms with Gasteiger partial charge in [0.25, 0.3) is 5.91 Å². The molecule has 3 aromatic rings. The summed E-state index contributed by atoms with van der Waals surface area (Å²) in [6, 6.07) is 11.5. The summed E-state index contributed by atoms with van der Waals surface area (Å²) >= 11 is 0. The zero-order chi connectivity index (χ0) is 19.1. The van der Waals surface area contributed by atoms with Crippen LogP contribution in [0.25, 0.3) is 11.5 Å². The molecular weight excluding hydrogens is 356 g/mol. The number of aromatic nitrogens is 4. The lowest BCUT2D eigenvalue weighted by atomic mass is 9.77. The van der Waals surface area contributed by atoms with Crippen LogP contribution in [0.15, 0.2) is 53.3 Å². The summed E-state index contributed by atoms with van der Waals surface area (Å²) in [6.07, 6.45) is 3.89. The normalized spacial score (nSPS) is 21.0. The molecule has 0 radical (unpaired) electrons. The Kier molecular flexibility index (Phi) is 3.94. The second-order valence-corrected chi connectivity index (χ2v) is 7.70. The van der Waals surface area contributed by atoms with Gasteiger partial charge in [-0.2, -0.15) is 0 Å². The standard InChI is InChI=1S/C20H20N6O2/c1-25-10-20(11-26(12-20)19(27)15-7-8-21-13-22-15)9-16(25)18-24-23-17(28-18)14-5-3-2-4-6-14/h2-8,13,16H,9-12H2,1H3. The first kappa shape index (κ1) is 17.0. The summed E-state index contributed by atoms with van der Waals surface area (Å²) in [6.45, 7) is 2.33. The van der Waals surface area contributed by atoms with E-state index in [1.165, 1.54) is 6.33 Å². The maximum atomic E-state index is 12.5. The molecule has 1 aromatic carbocycles. The van der Waals surface area contributed by atoms with Crippen LogP contribution >= 0.6 is 0 Å². The lowest BCUT2D eigenvalue weighted by Crippen LogP contribution is -2.59. The number of carbonyl (C=O) groups excluding carboxylic acids is 1. The predicted molar refractivity (Wildman–Crippen MR) is 100 cm³/mol. The van der Waals surface area contributed by atoms with Gasteiger partial charge in [-0.1, -0.05) is 18.2 Å². The minimum absolute atomic E-state index is 0.0386. The van der Waals surface area contributed by atoms with Gasteiger partial charge in [0.2, 0.25) is 11.8 Å². The molecule has 2 aromatic heterocycles. The number of likely N-dealkylation sites (tertiary alicyclic amines) is 2. The van der Waals surface area contributed by atoms with E-state index in [0.29, 0.717) is 17.5 Å². The molecule has 1 spiro atoms. The molecule has 5 rings (SSSR count). The molecule has 2 saturated heterocycles. The number of rotatable bonds is 3. The second kappa shape index (κ2) is 6.49. The van der Waals surface area contributed by atoms with Crippen molar-refractivity contribution in [1.29, 1.82) is 0 Å². The lowest BCUT2D eigenvalue weighted by molar-refractivity contribution is 0.0110. The molecule has 1 unspecified atom stereocenters. The van der Waals surface area contributed by atoms with Gasteiger partial charge < -0.3 is 9.32 Å². The van der Waals surface area contributed by atoms with Crippen LogP contribution in [0.2, 0.25) is 0 Å². The zero-order valence-corrected chi connectivity index (χ0v) is 15.5. The summed E-state index contributed by atoms with van der Waals surface area (Å²) < 4.78 is 5.97. The minimum atomic E-state index is -0.0386. The third-order valence-corrected chi connectivity index (χ3v) is 5.63. The first-order chi connectivity index (χ1) is 13.6. The van der Waals surface area contributed by atoms with Gasteiger partial charge in [0, 0.05) is 36.8 Å². The van der Waals surface area contributed by atoms with Gasteiger partial charge in [-0.3, -0.25) is 9.69 Å². The summed E-state index contributed by atoms with van der Waals surface area (Å²) in [4.78, 5) is 24.6. The van der Waals surface area contributed by atoms with Crippen molar-refractivity contribution < 1.29 is 9.21 Å². The van der Waals surface area contributed by atoms with Crippen molar-refractivity contribution in [2.45, 2.75) is 12.5 Å². The lowest BCUT2D eigenvalue weighted by Gasteiger charge is -2.47. The molecule has 4 heterocycles. The highest BCUT2D eigenvalue weighted by Crippen LogP contribution is 2.47. The third kappa shape index (κ3) is 2.86. The van der Waals surface area contributed by atoms with E-state index >= 15 is 0 Å². The van der Waals surface area contributed by atoms with Crippen LogP contribution in [0, 0.1) is 5.41 Å². The number of benzene rings is 1. The van der Waals surface area contributed by atoms with Crippen molar-refractivity contribution in [2.75, 3.05) is 26.7 Å². The van der Waals surface area contributed by atoms with Crippen molar-refractivity contribution in [3.63, 3.8) is 0 Å². The van der Waals surface area contributed by atoms with E-state index in [1.54, 1.807) is 12.3 Å². The molecule has 0 bridgehead atoms. The molecule has 2 aliphatic rings. The Labute approximate surface area is 162 Å². The number of nitrogens with zero attached hydrogens (tertiary/aromatic N) is 6. The molecule has 142 valence electrons. The van der Waals surface area contributed by atoms with E-state index in [-0.39, 0.29) is 17.4 Å². The molecular formula is C20H20N6O2. The minimum Gasteiger partial charge on any atom is -0.419 e. The maximum Gasteiger partial charge on any atom is 0.272 e. The van der Waals surface area contributed by atoms with E-state index in [2.05, 4.69) is 32.1 Å². The van der Waals surface area contributed by atoms with E-state index in [1.807, 2.05) is 35.2 Å². The van der Waals surface area contributed by atoms with Crippen LogP contribution in [0.4, 0.5) is 0 Å². The highest BCUT2D eigenvalue weighted by molar-refractivity contribution is 5.92. The van der Waals surface area contributed by atoms with Crippen LogP contribution in [-0.4, -0.2) is 62.6 Å². The Morgan fingerprint density at radius 2 is 1.96 bits per heavy atom. The molecule has 8 heteroatoms. The third-order valence-electron chi connectivity index (χ3n) is 5.63. The molecule has 28 heavy (non-hydrogen) atoms. The molecule has 2 fully saturated rings. The van der Waals surface area contributed by atoms with Crippen molar-refractivity contribution >= 4 is 5.91 Å². The number of hydrogen-bond donors (Lipinski definition) is 0.